The van der Waals surface area contributed by atoms with Crippen LogP contribution >= 0.6 is 0 Å². The lowest BCUT2D eigenvalue weighted by Crippen LogP contribution is -2.11. The van der Waals surface area contributed by atoms with Crippen molar-refractivity contribution >= 4 is 17.6 Å². The summed E-state index contributed by atoms with van der Waals surface area (Å²) in [4.78, 5) is 24.4. The number of allylic oxidation sites excluding steroid dienone is 2. The molecule has 0 aliphatic carbocycles. The van der Waals surface area contributed by atoms with E-state index in [9.17, 15) is 9.59 Å². The molecule has 0 fully saturated rings. The molecule has 0 radical (unpaired) electrons. The zero-order valence-corrected chi connectivity index (χ0v) is 17.8. The number of para-hydroxylation sites is 1. The number of cyclic esters (lactones) is 1. The summed E-state index contributed by atoms with van der Waals surface area (Å²) in [6.45, 7) is 4.15. The zero-order valence-electron chi connectivity index (χ0n) is 17.8. The highest BCUT2D eigenvalue weighted by Crippen LogP contribution is 2.42. The minimum atomic E-state index is -0.368. The van der Waals surface area contributed by atoms with Crippen LogP contribution in [0.1, 0.15) is 46.8 Å². The first kappa shape index (κ1) is 21.4. The van der Waals surface area contributed by atoms with Gasteiger partial charge in [0.15, 0.2) is 0 Å². The number of carbonyl (C=O) groups is 2. The number of carbonyl (C=O) groups excluding carboxylic acids is 2. The average molecular weight is 409 g/mol. The monoisotopic (exact) mass is 409 g/mol. The minimum absolute atomic E-state index is 0.0276. The maximum Gasteiger partial charge on any atom is 0.342 e. The Balaban J connectivity index is 1.73. The lowest BCUT2D eigenvalue weighted by molar-refractivity contribution is -0.116. The molecule has 0 saturated carbocycles. The molecule has 1 aliphatic rings. The van der Waals surface area contributed by atoms with Gasteiger partial charge in [-0.2, -0.15) is 0 Å². The Kier molecular flexibility index (Phi) is 6.77. The summed E-state index contributed by atoms with van der Waals surface area (Å²) in [5.41, 5.74) is 4.86. The normalized spacial score (nSPS) is 12.9. The molecule has 158 valence electrons. The lowest BCUT2D eigenvalue weighted by Gasteiger charge is -2.18. The number of nitrogens with one attached hydrogen (secondary N) is 1. The summed E-state index contributed by atoms with van der Waals surface area (Å²) in [5, 5.41) is 2.89. The molecule has 0 spiro atoms. The van der Waals surface area contributed by atoms with E-state index in [2.05, 4.69) is 5.32 Å². The summed E-state index contributed by atoms with van der Waals surface area (Å²) in [7, 11) is 3.16. The van der Waals surface area contributed by atoms with E-state index in [1.807, 2.05) is 50.3 Å². The van der Waals surface area contributed by atoms with Crippen molar-refractivity contribution in [3.63, 3.8) is 0 Å². The summed E-state index contributed by atoms with van der Waals surface area (Å²) >= 11 is 0. The molecule has 6 nitrogen and oxygen atoms in total. The second kappa shape index (κ2) is 9.48. The van der Waals surface area contributed by atoms with Gasteiger partial charge < -0.3 is 19.5 Å². The van der Waals surface area contributed by atoms with Gasteiger partial charge in [0, 0.05) is 23.2 Å². The second-order valence-corrected chi connectivity index (χ2v) is 7.27. The van der Waals surface area contributed by atoms with Gasteiger partial charge in [-0.05, 0) is 44.4 Å². The average Bonchev–Trinajstić information content (AvgIpc) is 3.13. The number of ether oxygens (including phenoxy) is 3. The number of esters is 1. The van der Waals surface area contributed by atoms with E-state index < -0.39 is 0 Å². The SMILES string of the molecule is COc1c(C)c2c(c(OC)c1CC=C(C)CCC(=O)Nc1ccccc1)C(=O)OC2. The summed E-state index contributed by atoms with van der Waals surface area (Å²) < 4.78 is 16.4. The van der Waals surface area contributed by atoms with Gasteiger partial charge in [-0.3, -0.25) is 4.79 Å². The number of hydrogen-bond donors (Lipinski definition) is 1. The summed E-state index contributed by atoms with van der Waals surface area (Å²) in [6, 6.07) is 9.40. The van der Waals surface area contributed by atoms with Crippen LogP contribution in [0.5, 0.6) is 11.5 Å². The van der Waals surface area contributed by atoms with E-state index in [4.69, 9.17) is 14.2 Å². The number of rotatable bonds is 8. The van der Waals surface area contributed by atoms with Crippen molar-refractivity contribution in [3.05, 3.63) is 64.2 Å². The Morgan fingerprint density at radius 1 is 1.13 bits per heavy atom. The highest BCUT2D eigenvalue weighted by molar-refractivity contribution is 5.98. The molecule has 0 aromatic heterocycles. The predicted octanol–water partition coefficient (Wildman–Crippen LogP) is 4.59. The van der Waals surface area contributed by atoms with Crippen molar-refractivity contribution in [1.29, 1.82) is 0 Å². The first-order valence-corrected chi connectivity index (χ1v) is 9.90. The molecule has 1 heterocycles. The van der Waals surface area contributed by atoms with E-state index in [-0.39, 0.29) is 18.5 Å². The van der Waals surface area contributed by atoms with Gasteiger partial charge in [0.05, 0.1) is 14.2 Å². The third-order valence-electron chi connectivity index (χ3n) is 5.29. The van der Waals surface area contributed by atoms with Crippen LogP contribution in [0.2, 0.25) is 0 Å². The number of anilines is 1. The van der Waals surface area contributed by atoms with E-state index in [1.165, 1.54) is 0 Å². The number of benzene rings is 2. The van der Waals surface area contributed by atoms with Crippen molar-refractivity contribution in [1.82, 2.24) is 0 Å². The molecule has 0 saturated heterocycles. The van der Waals surface area contributed by atoms with E-state index in [0.29, 0.717) is 36.3 Å². The standard InChI is InChI=1S/C24H27NO5/c1-15(11-13-20(26)25-17-8-6-5-7-9-17)10-12-18-22(28-3)16(2)19-14-30-24(27)21(19)23(18)29-4/h5-10H,11-14H2,1-4H3,(H,25,26). The fourth-order valence-electron chi connectivity index (χ4n) is 3.67. The number of amides is 1. The molecule has 30 heavy (non-hydrogen) atoms. The van der Waals surface area contributed by atoms with Crippen molar-refractivity contribution < 1.29 is 23.8 Å². The third-order valence-corrected chi connectivity index (χ3v) is 5.29. The Bertz CT molecular complexity index is 979. The largest absolute Gasteiger partial charge is 0.496 e. The molecule has 0 bridgehead atoms. The molecule has 1 amide bonds. The van der Waals surface area contributed by atoms with Crippen LogP contribution in [-0.2, 0) is 22.6 Å². The van der Waals surface area contributed by atoms with Crippen molar-refractivity contribution in [2.75, 3.05) is 19.5 Å². The van der Waals surface area contributed by atoms with Crippen molar-refractivity contribution in [2.45, 2.75) is 39.7 Å². The molecule has 2 aromatic carbocycles. The fourth-order valence-corrected chi connectivity index (χ4v) is 3.67. The molecule has 0 unspecified atom stereocenters. The first-order chi connectivity index (χ1) is 14.5. The molecular weight excluding hydrogens is 382 g/mol. The van der Waals surface area contributed by atoms with Crippen LogP contribution < -0.4 is 14.8 Å². The van der Waals surface area contributed by atoms with Crippen LogP contribution in [0, 0.1) is 6.92 Å². The van der Waals surface area contributed by atoms with E-state index >= 15 is 0 Å². The van der Waals surface area contributed by atoms with Gasteiger partial charge in [-0.25, -0.2) is 4.79 Å². The Labute approximate surface area is 176 Å². The zero-order chi connectivity index (χ0) is 21.7. The van der Waals surface area contributed by atoms with E-state index in [0.717, 1.165) is 28.0 Å². The van der Waals surface area contributed by atoms with Crippen LogP contribution in [0.15, 0.2) is 42.0 Å². The molecule has 1 N–H and O–H groups in total. The van der Waals surface area contributed by atoms with Crippen LogP contribution in [0.25, 0.3) is 0 Å². The van der Waals surface area contributed by atoms with Gasteiger partial charge >= 0.3 is 5.97 Å². The Hall–Kier alpha value is -3.28. The quantitative estimate of drug-likeness (QED) is 0.510. The number of hydrogen-bond acceptors (Lipinski definition) is 5. The van der Waals surface area contributed by atoms with Gasteiger partial charge in [0.1, 0.15) is 23.7 Å². The molecule has 3 rings (SSSR count). The highest BCUT2D eigenvalue weighted by atomic mass is 16.5. The van der Waals surface area contributed by atoms with Crippen LogP contribution in [-0.4, -0.2) is 26.1 Å². The van der Waals surface area contributed by atoms with Gasteiger partial charge in [-0.15, -0.1) is 0 Å². The van der Waals surface area contributed by atoms with Gasteiger partial charge in [-0.1, -0.05) is 29.8 Å². The lowest BCUT2D eigenvalue weighted by atomic mass is 9.94. The smallest absolute Gasteiger partial charge is 0.342 e. The maximum atomic E-state index is 12.2. The summed E-state index contributed by atoms with van der Waals surface area (Å²) in [5.74, 6) is 0.808. The molecule has 6 heteroatoms. The Morgan fingerprint density at radius 3 is 2.50 bits per heavy atom. The van der Waals surface area contributed by atoms with Crippen LogP contribution in [0.3, 0.4) is 0 Å². The number of fused-ring (bicyclic) bond motifs is 1. The van der Waals surface area contributed by atoms with E-state index in [1.54, 1.807) is 14.2 Å². The minimum Gasteiger partial charge on any atom is -0.496 e. The number of methoxy groups -OCH3 is 2. The van der Waals surface area contributed by atoms with Gasteiger partial charge in [0.2, 0.25) is 5.91 Å². The molecule has 0 atom stereocenters. The van der Waals surface area contributed by atoms with Crippen molar-refractivity contribution in [2.24, 2.45) is 0 Å². The highest BCUT2D eigenvalue weighted by Gasteiger charge is 2.32. The molecule has 1 aliphatic heterocycles. The topological polar surface area (TPSA) is 73.9 Å². The predicted molar refractivity (Wildman–Crippen MR) is 115 cm³/mol. The maximum absolute atomic E-state index is 12.2. The third kappa shape index (κ3) is 4.48. The van der Waals surface area contributed by atoms with Crippen LogP contribution in [0.4, 0.5) is 5.69 Å². The first-order valence-electron chi connectivity index (χ1n) is 9.90. The second-order valence-electron chi connectivity index (χ2n) is 7.27. The molecule has 2 aromatic rings. The fraction of sp³-hybridized carbons (Fsp3) is 0.333. The molecular formula is C24H27NO5. The summed E-state index contributed by atoms with van der Waals surface area (Å²) in [6.07, 6.45) is 3.60. The van der Waals surface area contributed by atoms with Gasteiger partial charge in [0.25, 0.3) is 0 Å². The van der Waals surface area contributed by atoms with Crippen molar-refractivity contribution in [3.8, 4) is 11.5 Å². The Morgan fingerprint density at radius 2 is 1.83 bits per heavy atom.